The summed E-state index contributed by atoms with van der Waals surface area (Å²) in [5, 5.41) is 10.5. The lowest BCUT2D eigenvalue weighted by atomic mass is 10.2. The predicted octanol–water partition coefficient (Wildman–Crippen LogP) is 1.87. The fraction of sp³-hybridized carbons (Fsp3) is 0.0909. The van der Waals surface area contributed by atoms with Crippen molar-refractivity contribution in [3.05, 3.63) is 46.5 Å². The van der Waals surface area contributed by atoms with E-state index in [0.717, 1.165) is 0 Å². The van der Waals surface area contributed by atoms with Crippen LogP contribution in [-0.4, -0.2) is 22.2 Å². The van der Waals surface area contributed by atoms with Crippen molar-refractivity contribution in [1.82, 2.24) is 0 Å². The van der Waals surface area contributed by atoms with Gasteiger partial charge in [0.1, 0.15) is 0 Å². The van der Waals surface area contributed by atoms with Gasteiger partial charge in [0, 0.05) is 24.4 Å². The third-order valence-electron chi connectivity index (χ3n) is 2.39. The molecular weight excluding hydrogens is 240 g/mol. The fourth-order valence-corrected chi connectivity index (χ4v) is 1.78. The largest absolute Gasteiger partial charge is 0.326 e. The van der Waals surface area contributed by atoms with Gasteiger partial charge in [-0.2, -0.15) is 0 Å². The number of nitrogens with zero attached hydrogens (tertiary/aromatic N) is 2. The van der Waals surface area contributed by atoms with Gasteiger partial charge in [-0.25, -0.2) is 0 Å². The van der Waals surface area contributed by atoms with E-state index < -0.39 is 4.92 Å². The standard InChI is InChI=1S/C11H8N2O3S/c14-10-2-1-7-12(11(10)17)8-3-5-9(6-4-8)13(15)16/h1-6H,7H2. The van der Waals surface area contributed by atoms with Crippen LogP contribution in [0.4, 0.5) is 11.4 Å². The Balaban J connectivity index is 2.29. The molecule has 6 heteroatoms. The number of ketones is 1. The number of nitro benzene ring substituents is 1. The van der Waals surface area contributed by atoms with Crippen LogP contribution in [0.3, 0.4) is 0 Å². The molecule has 0 bridgehead atoms. The zero-order chi connectivity index (χ0) is 12.4. The van der Waals surface area contributed by atoms with Crippen LogP contribution in [0, 0.1) is 10.1 Å². The Morgan fingerprint density at radius 3 is 2.53 bits per heavy atom. The Hall–Kier alpha value is -2.08. The van der Waals surface area contributed by atoms with Gasteiger partial charge in [0.2, 0.25) is 5.78 Å². The van der Waals surface area contributed by atoms with Crippen LogP contribution in [0.25, 0.3) is 0 Å². The second kappa shape index (κ2) is 4.42. The lowest BCUT2D eigenvalue weighted by molar-refractivity contribution is -0.384. The van der Waals surface area contributed by atoms with Gasteiger partial charge in [0.05, 0.1) is 4.92 Å². The molecule has 0 radical (unpaired) electrons. The van der Waals surface area contributed by atoms with Gasteiger partial charge in [0.15, 0.2) is 4.99 Å². The minimum Gasteiger partial charge on any atom is -0.326 e. The summed E-state index contributed by atoms with van der Waals surface area (Å²) in [4.78, 5) is 23.3. The lowest BCUT2D eigenvalue weighted by Gasteiger charge is -2.24. The summed E-state index contributed by atoms with van der Waals surface area (Å²) < 4.78 is 0. The number of hydrogen-bond donors (Lipinski definition) is 0. The van der Waals surface area contributed by atoms with Crippen LogP contribution < -0.4 is 4.90 Å². The molecule has 0 aliphatic carbocycles. The highest BCUT2D eigenvalue weighted by Crippen LogP contribution is 2.21. The first-order valence-corrected chi connectivity index (χ1v) is 5.27. The van der Waals surface area contributed by atoms with E-state index in [1.807, 2.05) is 0 Å². The van der Waals surface area contributed by atoms with Crippen molar-refractivity contribution in [1.29, 1.82) is 0 Å². The molecule has 0 unspecified atom stereocenters. The molecule has 1 aromatic rings. The van der Waals surface area contributed by atoms with Crippen LogP contribution >= 0.6 is 12.2 Å². The average molecular weight is 248 g/mol. The number of hydrogen-bond acceptors (Lipinski definition) is 4. The summed E-state index contributed by atoms with van der Waals surface area (Å²) >= 11 is 5.01. The molecule has 0 N–H and O–H groups in total. The Labute approximate surface area is 102 Å². The van der Waals surface area contributed by atoms with Gasteiger partial charge in [-0.15, -0.1) is 0 Å². The van der Waals surface area contributed by atoms with Crippen molar-refractivity contribution in [2.24, 2.45) is 0 Å². The zero-order valence-corrected chi connectivity index (χ0v) is 9.52. The molecule has 0 amide bonds. The number of carbonyl (C=O) groups excluding carboxylic acids is 1. The van der Waals surface area contributed by atoms with E-state index in [4.69, 9.17) is 12.2 Å². The van der Waals surface area contributed by atoms with Crippen LogP contribution in [0.5, 0.6) is 0 Å². The lowest BCUT2D eigenvalue weighted by Crippen LogP contribution is -2.37. The Morgan fingerprint density at radius 1 is 1.29 bits per heavy atom. The molecular formula is C11H8N2O3S. The predicted molar refractivity (Wildman–Crippen MR) is 67.2 cm³/mol. The van der Waals surface area contributed by atoms with Crippen molar-refractivity contribution >= 4 is 34.4 Å². The molecule has 1 aliphatic heterocycles. The number of nitro groups is 1. The van der Waals surface area contributed by atoms with Gasteiger partial charge < -0.3 is 4.90 Å². The fourth-order valence-electron chi connectivity index (χ4n) is 1.53. The quantitative estimate of drug-likeness (QED) is 0.454. The average Bonchev–Trinajstić information content (AvgIpc) is 2.33. The number of non-ortho nitro benzene ring substituents is 1. The first-order chi connectivity index (χ1) is 8.09. The highest BCUT2D eigenvalue weighted by molar-refractivity contribution is 7.82. The van der Waals surface area contributed by atoms with E-state index in [1.165, 1.54) is 18.2 Å². The SMILES string of the molecule is O=C1C=CCN(c2ccc([N+](=O)[O-])cc2)C1=S. The summed E-state index contributed by atoms with van der Waals surface area (Å²) in [5.41, 5.74) is 0.692. The topological polar surface area (TPSA) is 63.5 Å². The van der Waals surface area contributed by atoms with Crippen LogP contribution in [0.2, 0.25) is 0 Å². The van der Waals surface area contributed by atoms with Crippen molar-refractivity contribution < 1.29 is 9.72 Å². The number of thiocarbonyl (C=S) groups is 1. The summed E-state index contributed by atoms with van der Waals surface area (Å²) in [6.45, 7) is 0.502. The van der Waals surface area contributed by atoms with E-state index in [1.54, 1.807) is 23.1 Å². The number of rotatable bonds is 2. The van der Waals surface area contributed by atoms with Gasteiger partial charge in [0.25, 0.3) is 5.69 Å². The van der Waals surface area contributed by atoms with Crippen molar-refractivity contribution in [2.75, 3.05) is 11.4 Å². The third-order valence-corrected chi connectivity index (χ3v) is 2.81. The molecule has 1 heterocycles. The van der Waals surface area contributed by atoms with Crippen LogP contribution in [-0.2, 0) is 4.79 Å². The number of carbonyl (C=O) groups is 1. The van der Waals surface area contributed by atoms with Crippen molar-refractivity contribution in [3.8, 4) is 0 Å². The highest BCUT2D eigenvalue weighted by atomic mass is 32.1. The summed E-state index contributed by atoms with van der Waals surface area (Å²) in [6.07, 6.45) is 3.14. The zero-order valence-electron chi connectivity index (χ0n) is 8.70. The minimum atomic E-state index is -0.469. The molecule has 0 atom stereocenters. The third kappa shape index (κ3) is 2.21. The molecule has 0 saturated heterocycles. The summed E-state index contributed by atoms with van der Waals surface area (Å²) in [7, 11) is 0. The first-order valence-electron chi connectivity index (χ1n) is 4.86. The summed E-state index contributed by atoms with van der Waals surface area (Å²) in [5.74, 6) is -0.218. The van der Waals surface area contributed by atoms with E-state index >= 15 is 0 Å². The molecule has 0 spiro atoms. The van der Waals surface area contributed by atoms with Gasteiger partial charge in [-0.05, 0) is 18.2 Å². The smallest absolute Gasteiger partial charge is 0.269 e. The molecule has 0 fully saturated rings. The minimum absolute atomic E-state index is 0.0125. The Bertz CT molecular complexity index is 522. The molecule has 86 valence electrons. The first kappa shape index (κ1) is 11.4. The van der Waals surface area contributed by atoms with Crippen LogP contribution in [0.15, 0.2) is 36.4 Å². The van der Waals surface area contributed by atoms with E-state index in [2.05, 4.69) is 0 Å². The molecule has 1 aliphatic rings. The number of benzene rings is 1. The summed E-state index contributed by atoms with van der Waals surface area (Å²) in [6, 6.07) is 5.94. The monoisotopic (exact) mass is 248 g/mol. The van der Waals surface area contributed by atoms with Crippen LogP contribution in [0.1, 0.15) is 0 Å². The number of anilines is 1. The highest BCUT2D eigenvalue weighted by Gasteiger charge is 2.20. The van der Waals surface area contributed by atoms with Gasteiger partial charge in [-0.3, -0.25) is 14.9 Å². The molecule has 17 heavy (non-hydrogen) atoms. The maximum atomic E-state index is 11.4. The van der Waals surface area contributed by atoms with Crippen molar-refractivity contribution in [3.63, 3.8) is 0 Å². The molecule has 5 nitrogen and oxygen atoms in total. The van der Waals surface area contributed by atoms with E-state index in [9.17, 15) is 14.9 Å². The van der Waals surface area contributed by atoms with Gasteiger partial charge in [-0.1, -0.05) is 18.3 Å². The van der Waals surface area contributed by atoms with E-state index in [0.29, 0.717) is 12.2 Å². The van der Waals surface area contributed by atoms with Crippen molar-refractivity contribution in [2.45, 2.75) is 0 Å². The Morgan fingerprint density at radius 2 is 1.94 bits per heavy atom. The molecule has 1 aromatic carbocycles. The second-order valence-electron chi connectivity index (χ2n) is 3.46. The molecule has 2 rings (SSSR count). The maximum absolute atomic E-state index is 11.4. The maximum Gasteiger partial charge on any atom is 0.269 e. The normalized spacial score (nSPS) is 15.2. The van der Waals surface area contributed by atoms with E-state index in [-0.39, 0.29) is 16.5 Å². The van der Waals surface area contributed by atoms with Gasteiger partial charge >= 0.3 is 0 Å². The second-order valence-corrected chi connectivity index (χ2v) is 3.84. The molecule has 0 aromatic heterocycles. The Kier molecular flexibility index (Phi) is 2.97. The molecule has 0 saturated carbocycles.